The van der Waals surface area contributed by atoms with Crippen molar-refractivity contribution in [2.24, 2.45) is 5.92 Å². The molecule has 1 aromatic rings. The second-order valence-corrected chi connectivity index (χ2v) is 3.78. The number of rotatable bonds is 5. The minimum Gasteiger partial charge on any atom is -0.478 e. The maximum absolute atomic E-state index is 10.9. The number of aliphatic carboxylic acids is 1. The quantitative estimate of drug-likeness (QED) is 0.774. The molecule has 86 valence electrons. The van der Waals surface area contributed by atoms with Gasteiger partial charge in [-0.2, -0.15) is 0 Å². The maximum Gasteiger partial charge on any atom is 0.345 e. The van der Waals surface area contributed by atoms with E-state index >= 15 is 0 Å². The molecule has 16 heavy (non-hydrogen) atoms. The molecule has 0 amide bonds. The minimum atomic E-state index is -1.03. The highest BCUT2D eigenvalue weighted by Gasteiger charge is 2.24. The Morgan fingerprint density at radius 1 is 1.38 bits per heavy atom. The van der Waals surface area contributed by atoms with E-state index in [1.165, 1.54) is 0 Å². The van der Waals surface area contributed by atoms with E-state index in [1.807, 2.05) is 0 Å². The first kappa shape index (κ1) is 12.2. The Hall–Kier alpha value is -1.84. The maximum atomic E-state index is 10.9. The summed E-state index contributed by atoms with van der Waals surface area (Å²) in [6.45, 7) is 3.50. The monoisotopic (exact) mass is 222 g/mol. The van der Waals surface area contributed by atoms with Crippen molar-refractivity contribution in [1.29, 1.82) is 0 Å². The van der Waals surface area contributed by atoms with Crippen molar-refractivity contribution in [2.45, 2.75) is 20.0 Å². The molecule has 0 fully saturated rings. The Balaban J connectivity index is 2.93. The molecule has 0 aliphatic heterocycles. The molecule has 0 saturated carbocycles. The molecule has 0 aromatic heterocycles. The summed E-state index contributed by atoms with van der Waals surface area (Å²) in [6, 6.07) is 6.56. The molecule has 1 aromatic carbocycles. The lowest BCUT2D eigenvalue weighted by Crippen LogP contribution is -2.32. The molecule has 4 heteroatoms. The van der Waals surface area contributed by atoms with Crippen molar-refractivity contribution >= 4 is 12.3 Å². The zero-order valence-electron chi connectivity index (χ0n) is 9.21. The van der Waals surface area contributed by atoms with Crippen LogP contribution in [0.5, 0.6) is 5.75 Å². The van der Waals surface area contributed by atoms with Crippen molar-refractivity contribution in [1.82, 2.24) is 0 Å². The summed E-state index contributed by atoms with van der Waals surface area (Å²) in [5, 5.41) is 8.96. The molecule has 0 aliphatic rings. The van der Waals surface area contributed by atoms with Gasteiger partial charge in [0.25, 0.3) is 0 Å². The zero-order valence-corrected chi connectivity index (χ0v) is 9.21. The van der Waals surface area contributed by atoms with Gasteiger partial charge in [-0.3, -0.25) is 4.79 Å². The number of ether oxygens (including phenoxy) is 1. The van der Waals surface area contributed by atoms with Gasteiger partial charge in [-0.25, -0.2) is 4.79 Å². The van der Waals surface area contributed by atoms with Crippen molar-refractivity contribution in [3.8, 4) is 5.75 Å². The number of carbonyl (C=O) groups excluding carboxylic acids is 1. The van der Waals surface area contributed by atoms with Crippen LogP contribution in [0, 0.1) is 5.92 Å². The lowest BCUT2D eigenvalue weighted by Gasteiger charge is -2.19. The van der Waals surface area contributed by atoms with Crippen LogP contribution in [0.4, 0.5) is 0 Å². The predicted molar refractivity (Wildman–Crippen MR) is 58.7 cm³/mol. The fourth-order valence-electron chi connectivity index (χ4n) is 1.29. The van der Waals surface area contributed by atoms with Gasteiger partial charge in [0.15, 0.2) is 12.4 Å². The van der Waals surface area contributed by atoms with Gasteiger partial charge in [0, 0.05) is 5.92 Å². The Kier molecular flexibility index (Phi) is 4.05. The van der Waals surface area contributed by atoms with Crippen LogP contribution >= 0.6 is 0 Å². The standard InChI is InChI=1S/C12H14O4/c1-8(2)11(12(14)15)16-10-6-4-3-5-9(10)7-13/h3-8,11H,1-2H3,(H,14,15). The van der Waals surface area contributed by atoms with Gasteiger partial charge >= 0.3 is 5.97 Å². The third-order valence-corrected chi connectivity index (χ3v) is 2.15. The van der Waals surface area contributed by atoms with E-state index < -0.39 is 12.1 Å². The van der Waals surface area contributed by atoms with E-state index in [0.717, 1.165) is 0 Å². The van der Waals surface area contributed by atoms with Crippen LogP contribution in [-0.4, -0.2) is 23.5 Å². The van der Waals surface area contributed by atoms with Crippen LogP contribution in [0.25, 0.3) is 0 Å². The number of benzene rings is 1. The van der Waals surface area contributed by atoms with E-state index in [2.05, 4.69) is 0 Å². The molecule has 1 unspecified atom stereocenters. The SMILES string of the molecule is CC(C)C(Oc1ccccc1C=O)C(=O)O. The van der Waals surface area contributed by atoms with Gasteiger partial charge < -0.3 is 9.84 Å². The van der Waals surface area contributed by atoms with Crippen LogP contribution < -0.4 is 4.74 Å². The summed E-state index contributed by atoms with van der Waals surface area (Å²) >= 11 is 0. The van der Waals surface area contributed by atoms with Gasteiger partial charge in [0.1, 0.15) is 5.75 Å². The van der Waals surface area contributed by atoms with E-state index in [0.29, 0.717) is 17.6 Å². The Morgan fingerprint density at radius 3 is 2.50 bits per heavy atom. The number of carboxylic acids is 1. The minimum absolute atomic E-state index is 0.169. The lowest BCUT2D eigenvalue weighted by molar-refractivity contribution is -0.147. The van der Waals surface area contributed by atoms with Crippen LogP contribution in [0.3, 0.4) is 0 Å². The lowest BCUT2D eigenvalue weighted by atomic mass is 10.1. The number of carbonyl (C=O) groups is 2. The second kappa shape index (κ2) is 5.30. The number of aldehydes is 1. The summed E-state index contributed by atoms with van der Waals surface area (Å²) in [5.41, 5.74) is 0.356. The second-order valence-electron chi connectivity index (χ2n) is 3.78. The fraction of sp³-hybridized carbons (Fsp3) is 0.333. The Bertz CT molecular complexity index is 384. The summed E-state index contributed by atoms with van der Waals surface area (Å²) < 4.78 is 5.33. The van der Waals surface area contributed by atoms with Gasteiger partial charge in [-0.15, -0.1) is 0 Å². The van der Waals surface area contributed by atoms with E-state index in [9.17, 15) is 9.59 Å². The summed E-state index contributed by atoms with van der Waals surface area (Å²) in [4.78, 5) is 21.7. The van der Waals surface area contributed by atoms with Crippen molar-refractivity contribution in [3.63, 3.8) is 0 Å². The largest absolute Gasteiger partial charge is 0.478 e. The number of carboxylic acid groups (broad SMARTS) is 1. The summed E-state index contributed by atoms with van der Waals surface area (Å²) in [5.74, 6) is -0.897. The predicted octanol–water partition coefficient (Wildman–Crippen LogP) is 1.99. The first-order valence-corrected chi connectivity index (χ1v) is 5.00. The van der Waals surface area contributed by atoms with Crippen LogP contribution in [0.15, 0.2) is 24.3 Å². The van der Waals surface area contributed by atoms with Crippen LogP contribution in [0.2, 0.25) is 0 Å². The fourth-order valence-corrected chi connectivity index (χ4v) is 1.29. The van der Waals surface area contributed by atoms with Gasteiger partial charge in [0.05, 0.1) is 5.56 Å². The molecule has 1 atom stereocenters. The molecule has 1 rings (SSSR count). The summed E-state index contributed by atoms with van der Waals surface area (Å²) in [6.07, 6.45) is -0.296. The first-order chi connectivity index (χ1) is 7.56. The van der Waals surface area contributed by atoms with Crippen LogP contribution in [0.1, 0.15) is 24.2 Å². The molecule has 0 radical (unpaired) electrons. The third-order valence-electron chi connectivity index (χ3n) is 2.15. The molecule has 0 heterocycles. The highest BCUT2D eigenvalue weighted by Crippen LogP contribution is 2.19. The number of hydrogen-bond acceptors (Lipinski definition) is 3. The highest BCUT2D eigenvalue weighted by molar-refractivity contribution is 5.80. The van der Waals surface area contributed by atoms with Crippen molar-refractivity contribution in [2.75, 3.05) is 0 Å². The molecule has 1 N–H and O–H groups in total. The molecular weight excluding hydrogens is 208 g/mol. The van der Waals surface area contributed by atoms with Gasteiger partial charge in [0.2, 0.25) is 0 Å². The molecule has 0 spiro atoms. The highest BCUT2D eigenvalue weighted by atomic mass is 16.5. The molecule has 0 bridgehead atoms. The van der Waals surface area contributed by atoms with Crippen molar-refractivity contribution in [3.05, 3.63) is 29.8 Å². The molecule has 0 aliphatic carbocycles. The van der Waals surface area contributed by atoms with E-state index in [1.54, 1.807) is 38.1 Å². The van der Waals surface area contributed by atoms with Gasteiger partial charge in [-0.1, -0.05) is 26.0 Å². The summed E-state index contributed by atoms with van der Waals surface area (Å²) in [7, 11) is 0. The number of hydrogen-bond donors (Lipinski definition) is 1. The topological polar surface area (TPSA) is 63.6 Å². The normalized spacial score (nSPS) is 12.2. The smallest absolute Gasteiger partial charge is 0.345 e. The van der Waals surface area contributed by atoms with Crippen molar-refractivity contribution < 1.29 is 19.4 Å². The van der Waals surface area contributed by atoms with E-state index in [4.69, 9.17) is 9.84 Å². The molecular formula is C12H14O4. The molecule has 0 saturated heterocycles. The van der Waals surface area contributed by atoms with Crippen LogP contribution in [-0.2, 0) is 4.79 Å². The molecule has 4 nitrogen and oxygen atoms in total. The first-order valence-electron chi connectivity index (χ1n) is 5.00. The third kappa shape index (κ3) is 2.82. The average Bonchev–Trinajstić information content (AvgIpc) is 2.25. The Labute approximate surface area is 93.9 Å². The van der Waals surface area contributed by atoms with Gasteiger partial charge in [-0.05, 0) is 12.1 Å². The average molecular weight is 222 g/mol. The zero-order chi connectivity index (χ0) is 12.1. The Morgan fingerprint density at radius 2 is 2.00 bits per heavy atom. The van der Waals surface area contributed by atoms with E-state index in [-0.39, 0.29) is 5.92 Å². The number of para-hydroxylation sites is 1.